The van der Waals surface area contributed by atoms with Crippen molar-refractivity contribution in [1.29, 1.82) is 0 Å². The van der Waals surface area contributed by atoms with Gasteiger partial charge in [-0.25, -0.2) is 9.59 Å². The number of hydrogen-bond donors (Lipinski definition) is 1. The van der Waals surface area contributed by atoms with Gasteiger partial charge in [0.2, 0.25) is 5.91 Å². The van der Waals surface area contributed by atoms with Crippen LogP contribution in [-0.2, 0) is 23.9 Å². The first kappa shape index (κ1) is 15.2. The van der Waals surface area contributed by atoms with Gasteiger partial charge in [0.05, 0.1) is 7.11 Å². The average Bonchev–Trinajstić information content (AvgIpc) is 2.45. The Labute approximate surface area is 112 Å². The van der Waals surface area contributed by atoms with Gasteiger partial charge in [0, 0.05) is 18.1 Å². The maximum atomic E-state index is 11.7. The third-order valence-corrected chi connectivity index (χ3v) is 2.99. The van der Waals surface area contributed by atoms with Crippen molar-refractivity contribution < 1.29 is 23.9 Å². The fraction of sp³-hybridized carbons (Fsp3) is 0.615. The van der Waals surface area contributed by atoms with Gasteiger partial charge in [-0.2, -0.15) is 0 Å². The summed E-state index contributed by atoms with van der Waals surface area (Å²) in [5.74, 6) is -1.39. The highest BCUT2D eigenvalue weighted by molar-refractivity contribution is 5.91. The fourth-order valence-corrected chi connectivity index (χ4v) is 1.94. The summed E-state index contributed by atoms with van der Waals surface area (Å²) < 4.78 is 9.05. The van der Waals surface area contributed by atoms with Gasteiger partial charge < -0.3 is 14.8 Å². The molecule has 0 aromatic carbocycles. The van der Waals surface area contributed by atoms with Crippen LogP contribution in [-0.4, -0.2) is 31.7 Å². The maximum Gasteiger partial charge on any atom is 0.332 e. The Balaban J connectivity index is 2.18. The quantitative estimate of drug-likeness (QED) is 0.456. The van der Waals surface area contributed by atoms with Crippen LogP contribution in [0.25, 0.3) is 0 Å². The average molecular weight is 269 g/mol. The highest BCUT2D eigenvalue weighted by Gasteiger charge is 2.20. The first-order valence-corrected chi connectivity index (χ1v) is 6.34. The number of methoxy groups -OCH3 is 1. The molecule has 6 nitrogen and oxygen atoms in total. The minimum absolute atomic E-state index is 0.0260. The minimum Gasteiger partial charge on any atom is -0.466 e. The highest BCUT2D eigenvalue weighted by Crippen LogP contribution is 2.23. The highest BCUT2D eigenvalue weighted by atomic mass is 16.5. The summed E-state index contributed by atoms with van der Waals surface area (Å²) in [5, 5.41) is 2.55. The molecule has 0 heterocycles. The van der Waals surface area contributed by atoms with Crippen LogP contribution in [0.15, 0.2) is 12.2 Å². The van der Waals surface area contributed by atoms with E-state index >= 15 is 0 Å². The molecule has 1 saturated carbocycles. The van der Waals surface area contributed by atoms with Gasteiger partial charge in [0.25, 0.3) is 0 Å². The zero-order valence-corrected chi connectivity index (χ0v) is 11.0. The van der Waals surface area contributed by atoms with Crippen molar-refractivity contribution in [3.05, 3.63) is 12.2 Å². The van der Waals surface area contributed by atoms with E-state index in [0.29, 0.717) is 0 Å². The number of esters is 2. The molecule has 0 aromatic heterocycles. The van der Waals surface area contributed by atoms with E-state index in [-0.39, 0.29) is 18.6 Å². The van der Waals surface area contributed by atoms with Crippen molar-refractivity contribution >= 4 is 17.8 Å². The van der Waals surface area contributed by atoms with Crippen LogP contribution in [0, 0.1) is 5.92 Å². The summed E-state index contributed by atoms with van der Waals surface area (Å²) in [5.41, 5.74) is 0. The molecular formula is C13H19NO5. The molecule has 0 unspecified atom stereocenters. The molecular weight excluding hydrogens is 250 g/mol. The lowest BCUT2D eigenvalue weighted by atomic mass is 9.89. The second-order valence-corrected chi connectivity index (χ2v) is 4.34. The Hall–Kier alpha value is -1.85. The Morgan fingerprint density at radius 2 is 1.74 bits per heavy atom. The van der Waals surface area contributed by atoms with Crippen molar-refractivity contribution in [2.24, 2.45) is 5.92 Å². The summed E-state index contributed by atoms with van der Waals surface area (Å²) >= 11 is 0. The zero-order valence-electron chi connectivity index (χ0n) is 11.0. The summed E-state index contributed by atoms with van der Waals surface area (Å²) in [7, 11) is 1.21. The van der Waals surface area contributed by atoms with Crippen molar-refractivity contribution in [2.75, 3.05) is 13.8 Å². The van der Waals surface area contributed by atoms with E-state index in [9.17, 15) is 14.4 Å². The van der Waals surface area contributed by atoms with E-state index in [0.717, 1.165) is 37.8 Å². The van der Waals surface area contributed by atoms with Crippen LogP contribution in [0.4, 0.5) is 0 Å². The molecule has 1 fully saturated rings. The van der Waals surface area contributed by atoms with Gasteiger partial charge in [-0.05, 0) is 12.8 Å². The van der Waals surface area contributed by atoms with Crippen LogP contribution < -0.4 is 5.32 Å². The Morgan fingerprint density at radius 3 is 2.37 bits per heavy atom. The van der Waals surface area contributed by atoms with Crippen molar-refractivity contribution in [3.8, 4) is 0 Å². The molecule has 0 spiro atoms. The third kappa shape index (κ3) is 6.03. The molecule has 0 bridgehead atoms. The molecule has 0 saturated heterocycles. The monoisotopic (exact) mass is 269 g/mol. The van der Waals surface area contributed by atoms with E-state index in [1.54, 1.807) is 0 Å². The smallest absolute Gasteiger partial charge is 0.332 e. The van der Waals surface area contributed by atoms with E-state index in [1.165, 1.54) is 13.5 Å². The first-order chi connectivity index (χ1) is 9.13. The number of nitrogens with one attached hydrogen (secondary N) is 1. The molecule has 1 amide bonds. The number of amides is 1. The second-order valence-electron chi connectivity index (χ2n) is 4.34. The predicted octanol–water partition coefficient (Wildman–Crippen LogP) is 0.913. The largest absolute Gasteiger partial charge is 0.466 e. The standard InChI is InChI=1S/C13H19NO5/c1-18-11(15)7-8-12(16)19-9-14-13(17)10-5-3-2-4-6-10/h7-8,10H,2-6,9H2,1H3,(H,14,17)/b8-7+. The summed E-state index contributed by atoms with van der Waals surface area (Å²) in [4.78, 5) is 33.6. The van der Waals surface area contributed by atoms with E-state index < -0.39 is 11.9 Å². The number of carbonyl (C=O) groups is 3. The fourth-order valence-electron chi connectivity index (χ4n) is 1.94. The Morgan fingerprint density at radius 1 is 1.11 bits per heavy atom. The number of hydrogen-bond acceptors (Lipinski definition) is 5. The van der Waals surface area contributed by atoms with E-state index in [1.807, 2.05) is 0 Å². The molecule has 0 aromatic rings. The topological polar surface area (TPSA) is 81.7 Å². The van der Waals surface area contributed by atoms with Gasteiger partial charge in [0.15, 0.2) is 6.73 Å². The summed E-state index contributed by atoms with van der Waals surface area (Å²) in [6.07, 6.45) is 7.02. The van der Waals surface area contributed by atoms with Crippen LogP contribution in [0.2, 0.25) is 0 Å². The van der Waals surface area contributed by atoms with Gasteiger partial charge in [-0.3, -0.25) is 4.79 Å². The molecule has 0 atom stereocenters. The molecule has 0 radical (unpaired) electrons. The van der Waals surface area contributed by atoms with Crippen molar-refractivity contribution in [1.82, 2.24) is 5.32 Å². The minimum atomic E-state index is -0.700. The summed E-state index contributed by atoms with van der Waals surface area (Å²) in [6.45, 7) is -0.181. The normalized spacial score (nSPS) is 16.1. The molecule has 1 rings (SSSR count). The summed E-state index contributed by atoms with van der Waals surface area (Å²) in [6, 6.07) is 0. The SMILES string of the molecule is COC(=O)/C=C/C(=O)OCNC(=O)C1CCCCC1. The number of ether oxygens (including phenoxy) is 2. The number of rotatable bonds is 5. The molecule has 0 aliphatic heterocycles. The lowest BCUT2D eigenvalue weighted by molar-refractivity contribution is -0.141. The van der Waals surface area contributed by atoms with Crippen LogP contribution in [0.5, 0.6) is 0 Å². The number of carbonyl (C=O) groups excluding carboxylic acids is 3. The van der Waals surface area contributed by atoms with Crippen molar-refractivity contribution in [3.63, 3.8) is 0 Å². The maximum absolute atomic E-state index is 11.7. The molecule has 1 aliphatic rings. The third-order valence-electron chi connectivity index (χ3n) is 2.99. The molecule has 19 heavy (non-hydrogen) atoms. The van der Waals surface area contributed by atoms with Gasteiger partial charge >= 0.3 is 11.9 Å². The van der Waals surface area contributed by atoms with E-state index in [2.05, 4.69) is 10.1 Å². The lowest BCUT2D eigenvalue weighted by Gasteiger charge is -2.20. The van der Waals surface area contributed by atoms with Crippen molar-refractivity contribution in [2.45, 2.75) is 32.1 Å². The molecule has 1 aliphatic carbocycles. The Kier molecular flexibility index (Phi) is 6.63. The van der Waals surface area contributed by atoms with Crippen LogP contribution in [0.1, 0.15) is 32.1 Å². The predicted molar refractivity (Wildman–Crippen MR) is 66.8 cm³/mol. The molecule has 106 valence electrons. The van der Waals surface area contributed by atoms with E-state index in [4.69, 9.17) is 4.74 Å². The zero-order chi connectivity index (χ0) is 14.1. The van der Waals surface area contributed by atoms with Gasteiger partial charge in [-0.1, -0.05) is 19.3 Å². The van der Waals surface area contributed by atoms with Gasteiger partial charge in [-0.15, -0.1) is 0 Å². The van der Waals surface area contributed by atoms with Gasteiger partial charge in [0.1, 0.15) is 0 Å². The van der Waals surface area contributed by atoms with Crippen LogP contribution >= 0.6 is 0 Å². The Bertz CT molecular complexity index is 358. The first-order valence-electron chi connectivity index (χ1n) is 6.34. The molecule has 6 heteroatoms. The van der Waals surface area contributed by atoms with Crippen LogP contribution in [0.3, 0.4) is 0 Å². The second kappa shape index (κ2) is 8.29. The molecule has 1 N–H and O–H groups in total. The lowest BCUT2D eigenvalue weighted by Crippen LogP contribution is -2.34.